The summed E-state index contributed by atoms with van der Waals surface area (Å²) in [6.07, 6.45) is 2.76. The highest BCUT2D eigenvalue weighted by Crippen LogP contribution is 2.17. The Balaban J connectivity index is 2.11. The van der Waals surface area contributed by atoms with Gasteiger partial charge in [0.2, 0.25) is 0 Å². The molecule has 0 saturated heterocycles. The fraction of sp³-hybridized carbons (Fsp3) is 0.273. The molecule has 0 aliphatic heterocycles. The second kappa shape index (κ2) is 5.73. The summed E-state index contributed by atoms with van der Waals surface area (Å²) >= 11 is 6.52. The van der Waals surface area contributed by atoms with Crippen LogP contribution in [0, 0.1) is 5.82 Å². The molecule has 0 fully saturated rings. The summed E-state index contributed by atoms with van der Waals surface area (Å²) < 4.78 is 15.3. The van der Waals surface area contributed by atoms with E-state index >= 15 is 0 Å². The normalized spacial score (nSPS) is 10.8. The number of benzene rings is 1. The van der Waals surface area contributed by atoms with Crippen molar-refractivity contribution >= 4 is 31.9 Å². The molecule has 0 N–H and O–H groups in total. The van der Waals surface area contributed by atoms with Gasteiger partial charge in [0.25, 0.3) is 0 Å². The molecule has 90 valence electrons. The lowest BCUT2D eigenvalue weighted by atomic mass is 10.2. The third-order valence-electron chi connectivity index (χ3n) is 2.27. The predicted octanol–water partition coefficient (Wildman–Crippen LogP) is 3.17. The molecule has 0 unspecified atom stereocenters. The monoisotopic (exact) mass is 361 g/mol. The van der Waals surface area contributed by atoms with Crippen LogP contribution in [0.1, 0.15) is 11.3 Å². The summed E-state index contributed by atoms with van der Waals surface area (Å²) in [4.78, 5) is 0. The van der Waals surface area contributed by atoms with Gasteiger partial charge in [-0.25, -0.2) is 9.07 Å². The molecule has 0 bridgehead atoms. The van der Waals surface area contributed by atoms with Crippen molar-refractivity contribution in [2.45, 2.75) is 13.0 Å². The van der Waals surface area contributed by atoms with E-state index in [1.54, 1.807) is 16.8 Å². The van der Waals surface area contributed by atoms with Crippen molar-refractivity contribution in [2.75, 3.05) is 5.33 Å². The van der Waals surface area contributed by atoms with Gasteiger partial charge in [0.1, 0.15) is 5.82 Å². The average molecular weight is 363 g/mol. The topological polar surface area (TPSA) is 30.7 Å². The van der Waals surface area contributed by atoms with E-state index in [9.17, 15) is 4.39 Å². The van der Waals surface area contributed by atoms with Gasteiger partial charge in [-0.2, -0.15) is 0 Å². The maximum absolute atomic E-state index is 13.1. The van der Waals surface area contributed by atoms with Crippen LogP contribution in [0.3, 0.4) is 0 Å². The largest absolute Gasteiger partial charge is 0.248 e. The maximum atomic E-state index is 13.1. The lowest BCUT2D eigenvalue weighted by Crippen LogP contribution is -2.00. The van der Waals surface area contributed by atoms with Crippen molar-refractivity contribution in [1.29, 1.82) is 0 Å². The zero-order chi connectivity index (χ0) is 12.3. The first-order valence-electron chi connectivity index (χ1n) is 5.08. The quantitative estimate of drug-likeness (QED) is 0.782. The molecule has 0 spiro atoms. The molecule has 0 saturated carbocycles. The Hall–Kier alpha value is -0.750. The minimum absolute atomic E-state index is 0.257. The smallest absolute Gasteiger partial charge is 0.137 e. The van der Waals surface area contributed by atoms with E-state index in [4.69, 9.17) is 0 Å². The minimum Gasteiger partial charge on any atom is -0.248 e. The summed E-state index contributed by atoms with van der Waals surface area (Å²) in [5.74, 6) is -0.257. The summed E-state index contributed by atoms with van der Waals surface area (Å²) in [5, 5.41) is 8.93. The van der Waals surface area contributed by atoms with Crippen LogP contribution in [-0.2, 0) is 13.0 Å². The molecule has 0 amide bonds. The van der Waals surface area contributed by atoms with Gasteiger partial charge in [-0.1, -0.05) is 27.2 Å². The van der Waals surface area contributed by atoms with E-state index in [0.717, 1.165) is 23.0 Å². The Morgan fingerprint density at radius 3 is 2.88 bits per heavy atom. The van der Waals surface area contributed by atoms with E-state index in [-0.39, 0.29) is 5.82 Å². The molecule has 1 aromatic heterocycles. The number of hydrogen-bond acceptors (Lipinski definition) is 2. The fourth-order valence-corrected chi connectivity index (χ4v) is 2.28. The molecule has 0 atom stereocenters. The van der Waals surface area contributed by atoms with Crippen molar-refractivity contribution in [3.8, 4) is 0 Å². The molecule has 0 aliphatic rings. The Morgan fingerprint density at radius 2 is 2.18 bits per heavy atom. The number of aromatic nitrogens is 3. The molecule has 3 nitrogen and oxygen atoms in total. The number of halogens is 3. The Labute approximate surface area is 115 Å². The van der Waals surface area contributed by atoms with Crippen LogP contribution < -0.4 is 0 Å². The van der Waals surface area contributed by atoms with Crippen LogP contribution in [-0.4, -0.2) is 20.3 Å². The van der Waals surface area contributed by atoms with Crippen LogP contribution in [0.25, 0.3) is 0 Å². The van der Waals surface area contributed by atoms with Crippen LogP contribution in [0.4, 0.5) is 4.39 Å². The highest BCUT2D eigenvalue weighted by atomic mass is 79.9. The summed E-state index contributed by atoms with van der Waals surface area (Å²) in [5.41, 5.74) is 1.93. The van der Waals surface area contributed by atoms with Crippen LogP contribution >= 0.6 is 31.9 Å². The van der Waals surface area contributed by atoms with Gasteiger partial charge in [0, 0.05) is 17.9 Å². The van der Waals surface area contributed by atoms with Gasteiger partial charge in [-0.05, 0) is 33.6 Å². The second-order valence-corrected chi connectivity index (χ2v) is 5.24. The van der Waals surface area contributed by atoms with Crippen molar-refractivity contribution in [1.82, 2.24) is 15.0 Å². The second-order valence-electron chi connectivity index (χ2n) is 3.59. The van der Waals surface area contributed by atoms with E-state index in [2.05, 4.69) is 42.2 Å². The Kier molecular flexibility index (Phi) is 4.28. The molecule has 1 aromatic carbocycles. The average Bonchev–Trinajstić information content (AvgIpc) is 2.72. The zero-order valence-electron chi connectivity index (χ0n) is 8.91. The maximum Gasteiger partial charge on any atom is 0.137 e. The third-order valence-corrected chi connectivity index (χ3v) is 3.27. The molecule has 2 aromatic rings. The molecule has 2 rings (SSSR count). The third kappa shape index (κ3) is 3.35. The van der Waals surface area contributed by atoms with Gasteiger partial charge in [0.15, 0.2) is 0 Å². The zero-order valence-corrected chi connectivity index (χ0v) is 12.1. The van der Waals surface area contributed by atoms with E-state index in [0.29, 0.717) is 11.0 Å². The number of aryl methyl sites for hydroxylation is 1. The van der Waals surface area contributed by atoms with Crippen molar-refractivity contribution < 1.29 is 4.39 Å². The first-order chi connectivity index (χ1) is 8.19. The van der Waals surface area contributed by atoms with Gasteiger partial charge >= 0.3 is 0 Å². The molecular formula is C11H10Br2FN3. The Morgan fingerprint density at radius 1 is 1.35 bits per heavy atom. The van der Waals surface area contributed by atoms with E-state index in [1.165, 1.54) is 6.07 Å². The number of rotatable bonds is 4. The van der Waals surface area contributed by atoms with Gasteiger partial charge in [0.05, 0.1) is 16.7 Å². The lowest BCUT2D eigenvalue weighted by Gasteiger charge is -2.02. The predicted molar refractivity (Wildman–Crippen MR) is 70.7 cm³/mol. The van der Waals surface area contributed by atoms with Crippen molar-refractivity contribution in [2.24, 2.45) is 0 Å². The number of nitrogens with zero attached hydrogens (tertiary/aromatic N) is 3. The highest BCUT2D eigenvalue weighted by Gasteiger charge is 2.03. The number of hydrogen-bond donors (Lipinski definition) is 0. The minimum atomic E-state index is -0.257. The summed E-state index contributed by atoms with van der Waals surface area (Å²) in [7, 11) is 0. The molecular weight excluding hydrogens is 353 g/mol. The molecule has 6 heteroatoms. The SMILES string of the molecule is Fc1ccc(Cn2cc(CCBr)nn2)cc1Br. The molecule has 17 heavy (non-hydrogen) atoms. The highest BCUT2D eigenvalue weighted by molar-refractivity contribution is 9.10. The lowest BCUT2D eigenvalue weighted by molar-refractivity contribution is 0.615. The van der Waals surface area contributed by atoms with E-state index in [1.807, 2.05) is 6.20 Å². The van der Waals surface area contributed by atoms with Gasteiger partial charge in [-0.15, -0.1) is 5.10 Å². The van der Waals surface area contributed by atoms with Gasteiger partial charge in [-0.3, -0.25) is 0 Å². The standard InChI is InChI=1S/C11H10Br2FN3/c12-4-3-9-7-17(16-15-9)6-8-1-2-11(14)10(13)5-8/h1-2,5,7H,3-4,6H2. The van der Waals surface area contributed by atoms with E-state index < -0.39 is 0 Å². The fourth-order valence-electron chi connectivity index (χ4n) is 1.45. The van der Waals surface area contributed by atoms with Crippen molar-refractivity contribution in [3.05, 3.63) is 45.9 Å². The summed E-state index contributed by atoms with van der Waals surface area (Å²) in [6, 6.07) is 4.93. The first-order valence-corrected chi connectivity index (χ1v) is 6.99. The van der Waals surface area contributed by atoms with Crippen LogP contribution in [0.2, 0.25) is 0 Å². The van der Waals surface area contributed by atoms with Crippen LogP contribution in [0.15, 0.2) is 28.9 Å². The molecule has 0 radical (unpaired) electrons. The first kappa shape index (κ1) is 12.7. The summed E-state index contributed by atoms with van der Waals surface area (Å²) in [6.45, 7) is 0.591. The molecule has 0 aliphatic carbocycles. The number of alkyl halides is 1. The molecule has 1 heterocycles. The van der Waals surface area contributed by atoms with Crippen molar-refractivity contribution in [3.63, 3.8) is 0 Å². The van der Waals surface area contributed by atoms with Gasteiger partial charge < -0.3 is 0 Å². The Bertz CT molecular complexity index is 513. The van der Waals surface area contributed by atoms with Crippen LogP contribution in [0.5, 0.6) is 0 Å².